The van der Waals surface area contributed by atoms with Gasteiger partial charge in [0.15, 0.2) is 0 Å². The molecule has 0 fully saturated rings. The summed E-state index contributed by atoms with van der Waals surface area (Å²) in [5.41, 5.74) is 0.899. The molecular formula is C11H12O3. The Morgan fingerprint density at radius 2 is 2.21 bits per heavy atom. The quantitative estimate of drug-likeness (QED) is 0.591. The van der Waals surface area contributed by atoms with Crippen molar-refractivity contribution in [2.24, 2.45) is 0 Å². The predicted octanol–water partition coefficient (Wildman–Crippen LogP) is 2.63. The SMILES string of the molecule is C/C(=C/C=C/C(=O)O)c1ccc(C)o1. The summed E-state index contributed by atoms with van der Waals surface area (Å²) in [6.07, 6.45) is 4.27. The van der Waals surface area contributed by atoms with Gasteiger partial charge < -0.3 is 9.52 Å². The standard InChI is InChI=1S/C11H12O3/c1-8(4-3-5-11(12)13)10-7-6-9(2)14-10/h3-7H,1-2H3,(H,12,13)/b5-3+,8-4-. The van der Waals surface area contributed by atoms with E-state index in [4.69, 9.17) is 9.52 Å². The highest BCUT2D eigenvalue weighted by Gasteiger charge is 1.98. The number of hydrogen-bond acceptors (Lipinski definition) is 2. The van der Waals surface area contributed by atoms with Gasteiger partial charge in [0.1, 0.15) is 11.5 Å². The van der Waals surface area contributed by atoms with Crippen molar-refractivity contribution < 1.29 is 14.3 Å². The molecule has 14 heavy (non-hydrogen) atoms. The molecule has 0 radical (unpaired) electrons. The van der Waals surface area contributed by atoms with E-state index in [0.29, 0.717) is 0 Å². The molecule has 0 saturated heterocycles. The van der Waals surface area contributed by atoms with E-state index in [0.717, 1.165) is 23.2 Å². The Bertz CT molecular complexity index is 383. The maximum absolute atomic E-state index is 10.2. The Morgan fingerprint density at radius 3 is 2.71 bits per heavy atom. The molecule has 1 aromatic heterocycles. The Labute approximate surface area is 82.4 Å². The molecule has 0 aliphatic rings. The highest BCUT2D eigenvalue weighted by Crippen LogP contribution is 2.16. The van der Waals surface area contributed by atoms with Crippen molar-refractivity contribution in [3.63, 3.8) is 0 Å². The number of allylic oxidation sites excluding steroid dienone is 3. The Hall–Kier alpha value is -1.77. The molecule has 0 aromatic carbocycles. The van der Waals surface area contributed by atoms with E-state index in [1.165, 1.54) is 6.08 Å². The van der Waals surface area contributed by atoms with E-state index >= 15 is 0 Å². The molecule has 0 amide bonds. The van der Waals surface area contributed by atoms with Crippen LogP contribution in [0.4, 0.5) is 0 Å². The van der Waals surface area contributed by atoms with Gasteiger partial charge in [0.25, 0.3) is 0 Å². The molecule has 0 saturated carbocycles. The predicted molar refractivity (Wildman–Crippen MR) is 53.9 cm³/mol. The lowest BCUT2D eigenvalue weighted by Gasteiger charge is -1.92. The smallest absolute Gasteiger partial charge is 0.328 e. The topological polar surface area (TPSA) is 50.4 Å². The van der Waals surface area contributed by atoms with Crippen LogP contribution in [0.15, 0.2) is 34.8 Å². The van der Waals surface area contributed by atoms with E-state index < -0.39 is 5.97 Å². The number of carboxylic acid groups (broad SMARTS) is 1. The molecule has 0 atom stereocenters. The van der Waals surface area contributed by atoms with Gasteiger partial charge in [-0.1, -0.05) is 12.2 Å². The van der Waals surface area contributed by atoms with Crippen molar-refractivity contribution in [1.29, 1.82) is 0 Å². The average molecular weight is 192 g/mol. The van der Waals surface area contributed by atoms with Crippen LogP contribution in [-0.2, 0) is 4.79 Å². The fourth-order valence-electron chi connectivity index (χ4n) is 1.00. The summed E-state index contributed by atoms with van der Waals surface area (Å²) in [5.74, 6) is 0.650. The third-order valence-electron chi connectivity index (χ3n) is 1.71. The summed E-state index contributed by atoms with van der Waals surface area (Å²) < 4.78 is 5.35. The summed E-state index contributed by atoms with van der Waals surface area (Å²) in [6, 6.07) is 3.73. The van der Waals surface area contributed by atoms with Crippen molar-refractivity contribution in [2.45, 2.75) is 13.8 Å². The first-order chi connectivity index (χ1) is 6.59. The third-order valence-corrected chi connectivity index (χ3v) is 1.71. The number of hydrogen-bond donors (Lipinski definition) is 1. The van der Waals surface area contributed by atoms with Crippen LogP contribution in [0.25, 0.3) is 5.57 Å². The molecule has 74 valence electrons. The summed E-state index contributed by atoms with van der Waals surface area (Å²) in [7, 11) is 0. The fourth-order valence-corrected chi connectivity index (χ4v) is 1.00. The van der Waals surface area contributed by atoms with Crippen molar-refractivity contribution in [3.8, 4) is 0 Å². The molecule has 1 heterocycles. The number of carboxylic acids is 1. The van der Waals surface area contributed by atoms with Gasteiger partial charge in [0.2, 0.25) is 0 Å². The van der Waals surface area contributed by atoms with Gasteiger partial charge in [-0.25, -0.2) is 4.79 Å². The molecule has 0 aliphatic carbocycles. The number of furan rings is 1. The van der Waals surface area contributed by atoms with Gasteiger partial charge in [-0.05, 0) is 31.6 Å². The largest absolute Gasteiger partial charge is 0.478 e. The Morgan fingerprint density at radius 1 is 1.50 bits per heavy atom. The lowest BCUT2D eigenvalue weighted by molar-refractivity contribution is -0.131. The van der Waals surface area contributed by atoms with Crippen LogP contribution in [0.1, 0.15) is 18.4 Å². The molecule has 0 bridgehead atoms. The minimum Gasteiger partial charge on any atom is -0.478 e. The first-order valence-corrected chi connectivity index (χ1v) is 4.24. The maximum Gasteiger partial charge on any atom is 0.328 e. The minimum absolute atomic E-state index is 0.762. The second-order valence-electron chi connectivity index (χ2n) is 2.96. The third kappa shape index (κ3) is 2.94. The highest BCUT2D eigenvalue weighted by atomic mass is 16.4. The number of rotatable bonds is 3. The zero-order chi connectivity index (χ0) is 10.6. The molecule has 0 aliphatic heterocycles. The van der Waals surface area contributed by atoms with Crippen LogP contribution in [-0.4, -0.2) is 11.1 Å². The molecule has 0 unspecified atom stereocenters. The molecule has 1 aromatic rings. The summed E-state index contributed by atoms with van der Waals surface area (Å²) >= 11 is 0. The van der Waals surface area contributed by atoms with E-state index in [1.54, 1.807) is 6.08 Å². The van der Waals surface area contributed by atoms with Crippen molar-refractivity contribution in [3.05, 3.63) is 41.9 Å². The number of aliphatic carboxylic acids is 1. The second kappa shape index (κ2) is 4.46. The molecule has 3 nitrogen and oxygen atoms in total. The van der Waals surface area contributed by atoms with E-state index in [1.807, 2.05) is 26.0 Å². The van der Waals surface area contributed by atoms with E-state index in [2.05, 4.69) is 0 Å². The fraction of sp³-hybridized carbons (Fsp3) is 0.182. The first-order valence-electron chi connectivity index (χ1n) is 4.24. The lowest BCUT2D eigenvalue weighted by atomic mass is 10.2. The molecule has 3 heteroatoms. The first kappa shape index (κ1) is 10.3. The molecule has 1 rings (SSSR count). The van der Waals surface area contributed by atoms with Crippen LogP contribution in [0.2, 0.25) is 0 Å². The van der Waals surface area contributed by atoms with E-state index in [-0.39, 0.29) is 0 Å². The summed E-state index contributed by atoms with van der Waals surface area (Å²) in [4.78, 5) is 10.2. The lowest BCUT2D eigenvalue weighted by Crippen LogP contribution is -1.84. The van der Waals surface area contributed by atoms with Gasteiger partial charge in [-0.3, -0.25) is 0 Å². The molecule has 0 spiro atoms. The van der Waals surface area contributed by atoms with Gasteiger partial charge in [0, 0.05) is 6.08 Å². The maximum atomic E-state index is 10.2. The number of carbonyl (C=O) groups is 1. The van der Waals surface area contributed by atoms with Crippen molar-refractivity contribution in [2.75, 3.05) is 0 Å². The zero-order valence-electron chi connectivity index (χ0n) is 8.15. The van der Waals surface area contributed by atoms with Crippen molar-refractivity contribution >= 4 is 11.5 Å². The Balaban J connectivity index is 2.75. The summed E-state index contributed by atoms with van der Waals surface area (Å²) in [6.45, 7) is 3.73. The van der Waals surface area contributed by atoms with Gasteiger partial charge >= 0.3 is 5.97 Å². The average Bonchev–Trinajstić information content (AvgIpc) is 2.51. The molecular weight excluding hydrogens is 180 g/mol. The minimum atomic E-state index is -0.954. The van der Waals surface area contributed by atoms with Gasteiger partial charge in [-0.15, -0.1) is 0 Å². The van der Waals surface area contributed by atoms with Crippen LogP contribution in [0.3, 0.4) is 0 Å². The normalized spacial score (nSPS) is 12.3. The highest BCUT2D eigenvalue weighted by molar-refractivity contribution is 5.80. The van der Waals surface area contributed by atoms with Crippen LogP contribution in [0, 0.1) is 6.92 Å². The van der Waals surface area contributed by atoms with Gasteiger partial charge in [0.05, 0.1) is 0 Å². The van der Waals surface area contributed by atoms with Crippen LogP contribution in [0.5, 0.6) is 0 Å². The van der Waals surface area contributed by atoms with Crippen LogP contribution < -0.4 is 0 Å². The second-order valence-corrected chi connectivity index (χ2v) is 2.96. The van der Waals surface area contributed by atoms with Gasteiger partial charge in [-0.2, -0.15) is 0 Å². The summed E-state index contributed by atoms with van der Waals surface area (Å²) in [5, 5.41) is 8.36. The number of aryl methyl sites for hydroxylation is 1. The monoisotopic (exact) mass is 192 g/mol. The van der Waals surface area contributed by atoms with Crippen LogP contribution >= 0.6 is 0 Å². The zero-order valence-corrected chi connectivity index (χ0v) is 8.15. The van der Waals surface area contributed by atoms with E-state index in [9.17, 15) is 4.79 Å². The Kier molecular flexibility index (Phi) is 3.29. The van der Waals surface area contributed by atoms with Crippen molar-refractivity contribution in [1.82, 2.24) is 0 Å². The molecule has 1 N–H and O–H groups in total.